The lowest BCUT2D eigenvalue weighted by atomic mass is 10.2. The van der Waals surface area contributed by atoms with E-state index in [9.17, 15) is 4.79 Å². The summed E-state index contributed by atoms with van der Waals surface area (Å²) >= 11 is 13.8. The van der Waals surface area contributed by atoms with Gasteiger partial charge in [-0.25, -0.2) is 9.97 Å². The van der Waals surface area contributed by atoms with E-state index < -0.39 is 0 Å². The van der Waals surface area contributed by atoms with Crippen molar-refractivity contribution < 1.29 is 9.21 Å². The van der Waals surface area contributed by atoms with Crippen molar-refractivity contribution in [3.8, 4) is 11.3 Å². The van der Waals surface area contributed by atoms with Gasteiger partial charge in [0.25, 0.3) is 0 Å². The SMILES string of the molecule is O=C(CCc1ncc(-c2ccc(Cl)cc2Cl)o1)N1CCCN(c2nccs2)CC1. The van der Waals surface area contributed by atoms with Crippen LogP contribution in [0.1, 0.15) is 18.7 Å². The van der Waals surface area contributed by atoms with E-state index in [-0.39, 0.29) is 5.91 Å². The zero-order valence-corrected chi connectivity index (χ0v) is 18.0. The second-order valence-electron chi connectivity index (χ2n) is 6.78. The van der Waals surface area contributed by atoms with Crippen molar-refractivity contribution in [1.29, 1.82) is 0 Å². The Bertz CT molecular complexity index is 977. The van der Waals surface area contributed by atoms with Crippen LogP contribution in [0.5, 0.6) is 0 Å². The van der Waals surface area contributed by atoms with Gasteiger partial charge in [-0.3, -0.25) is 4.79 Å². The Balaban J connectivity index is 1.32. The third kappa shape index (κ3) is 4.91. The molecular formula is C20H20Cl2N4O2S. The Labute approximate surface area is 183 Å². The van der Waals surface area contributed by atoms with Crippen molar-refractivity contribution in [2.45, 2.75) is 19.3 Å². The minimum absolute atomic E-state index is 0.121. The summed E-state index contributed by atoms with van der Waals surface area (Å²) < 4.78 is 5.79. The molecule has 0 unspecified atom stereocenters. The van der Waals surface area contributed by atoms with Gasteiger partial charge < -0.3 is 14.2 Å². The Kier molecular flexibility index (Phi) is 6.37. The molecular weight excluding hydrogens is 431 g/mol. The van der Waals surface area contributed by atoms with E-state index in [1.165, 1.54) is 0 Å². The molecule has 1 aromatic carbocycles. The number of amides is 1. The molecule has 0 spiro atoms. The lowest BCUT2D eigenvalue weighted by Gasteiger charge is -2.21. The number of anilines is 1. The molecule has 0 bridgehead atoms. The average Bonchev–Trinajstić information content (AvgIpc) is 3.34. The molecule has 6 nitrogen and oxygen atoms in total. The normalized spacial score (nSPS) is 14.8. The highest BCUT2D eigenvalue weighted by molar-refractivity contribution is 7.13. The van der Waals surface area contributed by atoms with E-state index in [0.717, 1.165) is 36.8 Å². The predicted octanol–water partition coefficient (Wildman–Crippen LogP) is 4.78. The molecule has 0 aliphatic carbocycles. The highest BCUT2D eigenvalue weighted by atomic mass is 35.5. The first-order valence-electron chi connectivity index (χ1n) is 9.42. The maximum Gasteiger partial charge on any atom is 0.223 e. The van der Waals surface area contributed by atoms with E-state index in [1.807, 2.05) is 16.5 Å². The molecule has 3 heterocycles. The van der Waals surface area contributed by atoms with Crippen LogP contribution < -0.4 is 4.90 Å². The Morgan fingerprint density at radius 3 is 2.86 bits per heavy atom. The summed E-state index contributed by atoms with van der Waals surface area (Å²) in [6.07, 6.45) is 5.20. The minimum Gasteiger partial charge on any atom is -0.441 e. The van der Waals surface area contributed by atoms with Gasteiger partial charge in [0.05, 0.1) is 11.2 Å². The summed E-state index contributed by atoms with van der Waals surface area (Å²) in [5, 5.41) is 4.07. The molecule has 2 aromatic heterocycles. The monoisotopic (exact) mass is 450 g/mol. The lowest BCUT2D eigenvalue weighted by Crippen LogP contribution is -2.35. The summed E-state index contributed by atoms with van der Waals surface area (Å²) in [6, 6.07) is 5.22. The Morgan fingerprint density at radius 2 is 2.07 bits per heavy atom. The smallest absolute Gasteiger partial charge is 0.223 e. The number of aromatic nitrogens is 2. The minimum atomic E-state index is 0.121. The molecule has 1 aliphatic heterocycles. The van der Waals surface area contributed by atoms with Crippen LogP contribution in [0.3, 0.4) is 0 Å². The second kappa shape index (κ2) is 9.15. The highest BCUT2D eigenvalue weighted by Crippen LogP contribution is 2.31. The first kappa shape index (κ1) is 20.2. The summed E-state index contributed by atoms with van der Waals surface area (Å²) in [5.74, 6) is 1.22. The summed E-state index contributed by atoms with van der Waals surface area (Å²) in [4.78, 5) is 25.5. The summed E-state index contributed by atoms with van der Waals surface area (Å²) in [7, 11) is 0. The average molecular weight is 451 g/mol. The molecule has 0 saturated carbocycles. The van der Waals surface area contributed by atoms with Crippen LogP contribution >= 0.6 is 34.5 Å². The predicted molar refractivity (Wildman–Crippen MR) is 116 cm³/mol. The number of nitrogens with zero attached hydrogens (tertiary/aromatic N) is 4. The zero-order valence-electron chi connectivity index (χ0n) is 15.7. The van der Waals surface area contributed by atoms with Crippen molar-refractivity contribution >= 4 is 45.6 Å². The van der Waals surface area contributed by atoms with Gasteiger partial charge in [-0.1, -0.05) is 23.2 Å². The van der Waals surface area contributed by atoms with Gasteiger partial charge in [-0.05, 0) is 24.6 Å². The molecule has 0 atom stereocenters. The zero-order chi connectivity index (χ0) is 20.2. The van der Waals surface area contributed by atoms with Crippen molar-refractivity contribution in [1.82, 2.24) is 14.9 Å². The third-order valence-corrected chi connectivity index (χ3v) is 6.22. The van der Waals surface area contributed by atoms with E-state index >= 15 is 0 Å². The van der Waals surface area contributed by atoms with E-state index in [4.69, 9.17) is 27.6 Å². The van der Waals surface area contributed by atoms with Crippen molar-refractivity contribution in [2.24, 2.45) is 0 Å². The molecule has 0 N–H and O–H groups in total. The fourth-order valence-corrected chi connectivity index (χ4v) is 4.54. The molecule has 9 heteroatoms. The van der Waals surface area contributed by atoms with Crippen LogP contribution in [0.4, 0.5) is 5.13 Å². The van der Waals surface area contributed by atoms with E-state index in [0.29, 0.717) is 41.1 Å². The number of carbonyl (C=O) groups is 1. The summed E-state index contributed by atoms with van der Waals surface area (Å²) in [6.45, 7) is 3.19. The number of benzene rings is 1. The van der Waals surface area contributed by atoms with E-state index in [1.54, 1.807) is 35.7 Å². The van der Waals surface area contributed by atoms with Crippen LogP contribution in [0.15, 0.2) is 40.4 Å². The molecule has 29 heavy (non-hydrogen) atoms. The summed E-state index contributed by atoms with van der Waals surface area (Å²) in [5.41, 5.74) is 0.732. The van der Waals surface area contributed by atoms with Crippen LogP contribution in [0, 0.1) is 0 Å². The van der Waals surface area contributed by atoms with E-state index in [2.05, 4.69) is 14.9 Å². The van der Waals surface area contributed by atoms with Gasteiger partial charge >= 0.3 is 0 Å². The largest absolute Gasteiger partial charge is 0.441 e. The third-order valence-electron chi connectivity index (χ3n) is 4.84. The molecule has 0 radical (unpaired) electrons. The molecule has 1 amide bonds. The number of rotatable bonds is 5. The number of hydrogen-bond acceptors (Lipinski definition) is 6. The van der Waals surface area contributed by atoms with Gasteiger partial charge in [-0.2, -0.15) is 0 Å². The van der Waals surface area contributed by atoms with Crippen molar-refractivity contribution in [3.63, 3.8) is 0 Å². The van der Waals surface area contributed by atoms with Gasteiger partial charge in [0.15, 0.2) is 16.8 Å². The number of hydrogen-bond donors (Lipinski definition) is 0. The van der Waals surface area contributed by atoms with Crippen molar-refractivity contribution in [2.75, 3.05) is 31.1 Å². The van der Waals surface area contributed by atoms with Gasteiger partial charge in [0, 0.05) is 61.2 Å². The molecule has 4 rings (SSSR count). The van der Waals surface area contributed by atoms with Gasteiger partial charge in [-0.15, -0.1) is 11.3 Å². The maximum absolute atomic E-state index is 12.7. The molecule has 1 aliphatic rings. The fraction of sp³-hybridized carbons (Fsp3) is 0.350. The highest BCUT2D eigenvalue weighted by Gasteiger charge is 2.21. The molecule has 3 aromatic rings. The van der Waals surface area contributed by atoms with Crippen molar-refractivity contribution in [3.05, 3.63) is 51.9 Å². The maximum atomic E-state index is 12.7. The first-order valence-corrected chi connectivity index (χ1v) is 11.1. The van der Waals surface area contributed by atoms with Crippen LogP contribution in [0.25, 0.3) is 11.3 Å². The number of carbonyl (C=O) groups excluding carboxylic acids is 1. The van der Waals surface area contributed by atoms with Gasteiger partial charge in [0.1, 0.15) is 0 Å². The fourth-order valence-electron chi connectivity index (χ4n) is 3.34. The lowest BCUT2D eigenvalue weighted by molar-refractivity contribution is -0.131. The first-order chi connectivity index (χ1) is 14.1. The van der Waals surface area contributed by atoms with Crippen LogP contribution in [-0.4, -0.2) is 47.0 Å². The molecule has 152 valence electrons. The number of oxazole rings is 1. The quantitative estimate of drug-likeness (QED) is 0.559. The Hall–Kier alpha value is -2.09. The van der Waals surface area contributed by atoms with Crippen LogP contribution in [-0.2, 0) is 11.2 Å². The molecule has 1 saturated heterocycles. The van der Waals surface area contributed by atoms with Crippen LogP contribution in [0.2, 0.25) is 10.0 Å². The number of aryl methyl sites for hydroxylation is 1. The molecule has 1 fully saturated rings. The second-order valence-corrected chi connectivity index (χ2v) is 8.50. The number of thiazole rings is 1. The number of halogens is 2. The standard InChI is InChI=1S/C20H20Cl2N4O2S/c21-14-2-3-15(16(22)12-14)17-13-24-18(28-17)4-5-19(27)25-7-1-8-26(10-9-25)20-23-6-11-29-20/h2-3,6,11-13H,1,4-5,7-10H2. The van der Waals surface area contributed by atoms with Gasteiger partial charge in [0.2, 0.25) is 5.91 Å². The Morgan fingerprint density at radius 1 is 1.17 bits per heavy atom. The topological polar surface area (TPSA) is 62.5 Å².